The fourth-order valence-electron chi connectivity index (χ4n) is 2.11. The maximum Gasteiger partial charge on any atom is 0.109 e. The molecule has 1 aromatic carbocycles. The molecule has 1 N–H and O–H groups in total. The van der Waals surface area contributed by atoms with E-state index in [0.29, 0.717) is 5.02 Å². The van der Waals surface area contributed by atoms with Crippen molar-refractivity contribution in [1.82, 2.24) is 10.2 Å². The molecule has 17 heavy (non-hydrogen) atoms. The van der Waals surface area contributed by atoms with E-state index in [1.165, 1.54) is 0 Å². The molecular formula is C12H17Cl2FN2. The molecule has 1 fully saturated rings. The fraction of sp³-hybridized carbons (Fsp3) is 0.500. The van der Waals surface area contributed by atoms with E-state index in [-0.39, 0.29) is 25.1 Å². The topological polar surface area (TPSA) is 15.3 Å². The third kappa shape index (κ3) is 3.81. The quantitative estimate of drug-likeness (QED) is 0.915. The van der Waals surface area contributed by atoms with Crippen LogP contribution in [0.1, 0.15) is 11.6 Å². The number of rotatable bonds is 3. The van der Waals surface area contributed by atoms with Crippen molar-refractivity contribution in [3.8, 4) is 0 Å². The van der Waals surface area contributed by atoms with E-state index in [4.69, 9.17) is 11.6 Å². The van der Waals surface area contributed by atoms with E-state index < -0.39 is 0 Å². The van der Waals surface area contributed by atoms with Crippen molar-refractivity contribution in [2.24, 2.45) is 0 Å². The van der Waals surface area contributed by atoms with Crippen LogP contribution in [0.2, 0.25) is 5.02 Å². The molecule has 1 heterocycles. The number of alkyl halides is 1. The molecule has 0 saturated carbocycles. The molecular weight excluding hydrogens is 262 g/mol. The van der Waals surface area contributed by atoms with Crippen LogP contribution < -0.4 is 5.32 Å². The van der Waals surface area contributed by atoms with Gasteiger partial charge in [0.15, 0.2) is 0 Å². The van der Waals surface area contributed by atoms with Gasteiger partial charge in [-0.15, -0.1) is 12.4 Å². The van der Waals surface area contributed by atoms with E-state index in [1.807, 2.05) is 24.3 Å². The minimum atomic E-state index is -0.361. The van der Waals surface area contributed by atoms with Gasteiger partial charge in [-0.05, 0) is 17.7 Å². The Kier molecular flexibility index (Phi) is 6.20. The summed E-state index contributed by atoms with van der Waals surface area (Å²) >= 11 is 5.93. The molecule has 1 saturated heterocycles. The molecule has 0 aliphatic carbocycles. The Morgan fingerprint density at radius 3 is 2.65 bits per heavy atom. The van der Waals surface area contributed by atoms with E-state index in [1.54, 1.807) is 0 Å². The van der Waals surface area contributed by atoms with Gasteiger partial charge < -0.3 is 5.32 Å². The van der Waals surface area contributed by atoms with E-state index in [9.17, 15) is 4.39 Å². The molecule has 1 aromatic rings. The lowest BCUT2D eigenvalue weighted by Crippen LogP contribution is -2.45. The molecule has 1 atom stereocenters. The summed E-state index contributed by atoms with van der Waals surface area (Å²) in [7, 11) is 0. The predicted molar refractivity (Wildman–Crippen MR) is 71.9 cm³/mol. The molecule has 0 radical (unpaired) electrons. The van der Waals surface area contributed by atoms with Crippen LogP contribution in [0.4, 0.5) is 4.39 Å². The largest absolute Gasteiger partial charge is 0.314 e. The van der Waals surface area contributed by atoms with Gasteiger partial charge in [0.25, 0.3) is 0 Å². The number of piperazine rings is 1. The van der Waals surface area contributed by atoms with Crippen molar-refractivity contribution < 1.29 is 4.39 Å². The van der Waals surface area contributed by atoms with E-state index in [0.717, 1.165) is 31.7 Å². The maximum absolute atomic E-state index is 13.2. The first kappa shape index (κ1) is 14.7. The predicted octanol–water partition coefficient (Wildman–Crippen LogP) is 2.68. The number of benzene rings is 1. The average Bonchev–Trinajstić information content (AvgIpc) is 2.31. The van der Waals surface area contributed by atoms with Gasteiger partial charge >= 0.3 is 0 Å². The second kappa shape index (κ2) is 7.17. The van der Waals surface area contributed by atoms with Gasteiger partial charge in [0.05, 0.1) is 6.04 Å². The Morgan fingerprint density at radius 1 is 1.35 bits per heavy atom. The van der Waals surface area contributed by atoms with Crippen LogP contribution >= 0.6 is 24.0 Å². The Hall–Kier alpha value is -0.350. The lowest BCUT2D eigenvalue weighted by Gasteiger charge is -2.33. The highest BCUT2D eigenvalue weighted by Gasteiger charge is 2.21. The second-order valence-corrected chi connectivity index (χ2v) is 4.45. The molecule has 0 bridgehead atoms. The zero-order valence-electron chi connectivity index (χ0n) is 9.53. The third-order valence-electron chi connectivity index (χ3n) is 2.97. The first-order chi connectivity index (χ1) is 7.81. The summed E-state index contributed by atoms with van der Waals surface area (Å²) in [5.74, 6) is 0. The number of hydrogen-bond donors (Lipinski definition) is 1. The van der Waals surface area contributed by atoms with Crippen molar-refractivity contribution in [3.63, 3.8) is 0 Å². The number of nitrogens with zero attached hydrogens (tertiary/aromatic N) is 1. The van der Waals surface area contributed by atoms with Crippen LogP contribution in [0, 0.1) is 0 Å². The minimum absolute atomic E-state index is 0. The summed E-state index contributed by atoms with van der Waals surface area (Å²) in [6.07, 6.45) is 0. The van der Waals surface area contributed by atoms with Crippen molar-refractivity contribution in [3.05, 3.63) is 34.9 Å². The van der Waals surface area contributed by atoms with Crippen molar-refractivity contribution in [2.45, 2.75) is 6.04 Å². The van der Waals surface area contributed by atoms with Crippen LogP contribution in [0.3, 0.4) is 0 Å². The number of halogens is 3. The van der Waals surface area contributed by atoms with Crippen molar-refractivity contribution in [1.29, 1.82) is 0 Å². The summed E-state index contributed by atoms with van der Waals surface area (Å²) in [5.41, 5.74) is 0.969. The van der Waals surface area contributed by atoms with Crippen LogP contribution in [0.5, 0.6) is 0 Å². The van der Waals surface area contributed by atoms with Gasteiger partial charge in [-0.2, -0.15) is 0 Å². The summed E-state index contributed by atoms with van der Waals surface area (Å²) in [6.45, 7) is 3.27. The van der Waals surface area contributed by atoms with Crippen molar-refractivity contribution >= 4 is 24.0 Å². The Morgan fingerprint density at radius 2 is 2.06 bits per heavy atom. The second-order valence-electron chi connectivity index (χ2n) is 4.01. The molecule has 2 nitrogen and oxygen atoms in total. The van der Waals surface area contributed by atoms with E-state index in [2.05, 4.69) is 10.2 Å². The molecule has 1 aliphatic heterocycles. The maximum atomic E-state index is 13.2. The van der Waals surface area contributed by atoms with Crippen LogP contribution in [-0.4, -0.2) is 37.8 Å². The molecule has 2 rings (SSSR count). The lowest BCUT2D eigenvalue weighted by atomic mass is 10.1. The molecule has 0 aromatic heterocycles. The summed E-state index contributed by atoms with van der Waals surface area (Å²) in [5, 5.41) is 3.94. The standard InChI is InChI=1S/C12H16ClFN2.ClH/c13-11-3-1-2-10(8-11)12(9-14)16-6-4-15-5-7-16;/h1-3,8,12,15H,4-7,9H2;1H/t12-;/m1./s1. The van der Waals surface area contributed by atoms with Gasteiger partial charge in [-0.1, -0.05) is 23.7 Å². The molecule has 0 unspecified atom stereocenters. The minimum Gasteiger partial charge on any atom is -0.314 e. The molecule has 96 valence electrons. The first-order valence-corrected chi connectivity index (χ1v) is 5.95. The van der Waals surface area contributed by atoms with Gasteiger partial charge in [0.2, 0.25) is 0 Å². The zero-order valence-corrected chi connectivity index (χ0v) is 11.1. The summed E-state index contributed by atoms with van der Waals surface area (Å²) < 4.78 is 13.2. The molecule has 5 heteroatoms. The summed E-state index contributed by atoms with van der Waals surface area (Å²) in [4.78, 5) is 2.17. The molecule has 1 aliphatic rings. The van der Waals surface area contributed by atoms with Crippen LogP contribution in [0.25, 0.3) is 0 Å². The highest BCUT2D eigenvalue weighted by molar-refractivity contribution is 6.30. The van der Waals surface area contributed by atoms with E-state index >= 15 is 0 Å². The molecule has 0 amide bonds. The normalized spacial score (nSPS) is 18.5. The third-order valence-corrected chi connectivity index (χ3v) is 3.21. The number of nitrogens with one attached hydrogen (secondary N) is 1. The van der Waals surface area contributed by atoms with Gasteiger partial charge in [-0.3, -0.25) is 4.90 Å². The van der Waals surface area contributed by atoms with Gasteiger partial charge in [-0.25, -0.2) is 4.39 Å². The van der Waals surface area contributed by atoms with Gasteiger partial charge in [0, 0.05) is 31.2 Å². The molecule has 0 spiro atoms. The van der Waals surface area contributed by atoms with Crippen LogP contribution in [0.15, 0.2) is 24.3 Å². The Bertz CT molecular complexity index is 343. The van der Waals surface area contributed by atoms with Crippen molar-refractivity contribution in [2.75, 3.05) is 32.9 Å². The Labute approximate surface area is 113 Å². The average molecular weight is 279 g/mol. The van der Waals surface area contributed by atoms with Gasteiger partial charge in [0.1, 0.15) is 6.67 Å². The fourth-order valence-corrected chi connectivity index (χ4v) is 2.30. The highest BCUT2D eigenvalue weighted by Crippen LogP contribution is 2.24. The smallest absolute Gasteiger partial charge is 0.109 e. The first-order valence-electron chi connectivity index (χ1n) is 5.57. The zero-order chi connectivity index (χ0) is 11.4. The lowest BCUT2D eigenvalue weighted by molar-refractivity contribution is 0.147. The van der Waals surface area contributed by atoms with Crippen LogP contribution in [-0.2, 0) is 0 Å². The summed E-state index contributed by atoms with van der Waals surface area (Å²) in [6, 6.07) is 7.34. The monoisotopic (exact) mass is 278 g/mol. The number of hydrogen-bond acceptors (Lipinski definition) is 2. The highest BCUT2D eigenvalue weighted by atomic mass is 35.5. The Balaban J connectivity index is 0.00000144. The SMILES string of the molecule is Cl.FC[C@H](c1cccc(Cl)c1)N1CCNCC1.